The van der Waals surface area contributed by atoms with Gasteiger partial charge in [0.25, 0.3) is 0 Å². The summed E-state index contributed by atoms with van der Waals surface area (Å²) >= 11 is 0. The first-order chi connectivity index (χ1) is 8.72. The van der Waals surface area contributed by atoms with Crippen LogP contribution in [0.1, 0.15) is 17.3 Å². The summed E-state index contributed by atoms with van der Waals surface area (Å²) in [5.41, 5.74) is 7.17. The molecule has 2 rings (SSSR count). The summed E-state index contributed by atoms with van der Waals surface area (Å²) in [7, 11) is 0. The quantitative estimate of drug-likeness (QED) is 0.838. The number of aryl methyl sites for hydroxylation is 2. The molecule has 0 fully saturated rings. The van der Waals surface area contributed by atoms with E-state index in [-0.39, 0.29) is 12.4 Å². The molecule has 0 spiro atoms. The van der Waals surface area contributed by atoms with Crippen molar-refractivity contribution >= 4 is 0 Å². The molecule has 1 aromatic heterocycles. The second kappa shape index (κ2) is 5.75. The Kier molecular flexibility index (Phi) is 4.07. The Labute approximate surface area is 105 Å². The van der Waals surface area contributed by atoms with Crippen molar-refractivity contribution in [1.82, 2.24) is 9.55 Å². The van der Waals surface area contributed by atoms with E-state index in [0.29, 0.717) is 18.5 Å². The predicted octanol–water partition coefficient (Wildman–Crippen LogP) is 1.26. The minimum absolute atomic E-state index is 0.134. The Morgan fingerprint density at radius 2 is 2.17 bits per heavy atom. The van der Waals surface area contributed by atoms with Gasteiger partial charge in [0.1, 0.15) is 5.82 Å². The van der Waals surface area contributed by atoms with Gasteiger partial charge in [-0.25, -0.2) is 9.37 Å². The minimum Gasteiger partial charge on any atom is -0.394 e. The van der Waals surface area contributed by atoms with Crippen molar-refractivity contribution in [1.29, 1.82) is 0 Å². The van der Waals surface area contributed by atoms with E-state index < -0.39 is 6.04 Å². The molecule has 96 valence electrons. The second-order valence-corrected chi connectivity index (χ2v) is 4.14. The molecule has 0 aliphatic rings. The van der Waals surface area contributed by atoms with Crippen molar-refractivity contribution in [3.05, 3.63) is 53.9 Å². The maximum Gasteiger partial charge on any atom is 0.126 e. The van der Waals surface area contributed by atoms with E-state index in [4.69, 9.17) is 10.8 Å². The van der Waals surface area contributed by atoms with E-state index in [1.54, 1.807) is 24.7 Å². The average Bonchev–Trinajstić information content (AvgIpc) is 2.85. The van der Waals surface area contributed by atoms with Crippen LogP contribution in [0.25, 0.3) is 0 Å². The van der Waals surface area contributed by atoms with Crippen LogP contribution in [-0.2, 0) is 13.0 Å². The van der Waals surface area contributed by atoms with Crippen LogP contribution >= 0.6 is 0 Å². The summed E-state index contributed by atoms with van der Waals surface area (Å²) in [6, 6.07) is 6.24. The first-order valence-electron chi connectivity index (χ1n) is 5.82. The molecule has 1 heterocycles. The second-order valence-electron chi connectivity index (χ2n) is 4.14. The van der Waals surface area contributed by atoms with Crippen LogP contribution in [0.4, 0.5) is 4.39 Å². The highest BCUT2D eigenvalue weighted by molar-refractivity contribution is 5.17. The van der Waals surface area contributed by atoms with Crippen molar-refractivity contribution in [2.45, 2.75) is 19.0 Å². The van der Waals surface area contributed by atoms with Crippen molar-refractivity contribution in [3.63, 3.8) is 0 Å². The minimum atomic E-state index is -0.451. The lowest BCUT2D eigenvalue weighted by molar-refractivity contribution is 0.263. The number of hydrogen-bond donors (Lipinski definition) is 2. The van der Waals surface area contributed by atoms with Crippen LogP contribution in [0, 0.1) is 5.82 Å². The zero-order valence-corrected chi connectivity index (χ0v) is 9.96. The SMILES string of the molecule is NC(CO)c1cncn1CCc1ccccc1F. The van der Waals surface area contributed by atoms with Gasteiger partial charge in [-0.3, -0.25) is 0 Å². The molecular formula is C13H16FN3O. The third kappa shape index (κ3) is 2.75. The van der Waals surface area contributed by atoms with Gasteiger partial charge >= 0.3 is 0 Å². The van der Waals surface area contributed by atoms with E-state index in [1.165, 1.54) is 6.07 Å². The van der Waals surface area contributed by atoms with Gasteiger partial charge in [0, 0.05) is 12.7 Å². The zero-order chi connectivity index (χ0) is 13.0. The number of benzene rings is 1. The normalized spacial score (nSPS) is 12.6. The van der Waals surface area contributed by atoms with Gasteiger partial charge in [0.15, 0.2) is 0 Å². The summed E-state index contributed by atoms with van der Waals surface area (Å²) in [5.74, 6) is -0.203. The first-order valence-corrected chi connectivity index (χ1v) is 5.82. The molecule has 0 amide bonds. The fraction of sp³-hybridized carbons (Fsp3) is 0.308. The molecule has 1 unspecified atom stereocenters. The highest BCUT2D eigenvalue weighted by Crippen LogP contribution is 2.12. The molecule has 0 saturated heterocycles. The number of imidazole rings is 1. The van der Waals surface area contributed by atoms with E-state index >= 15 is 0 Å². The Hall–Kier alpha value is -1.72. The summed E-state index contributed by atoms with van der Waals surface area (Å²) in [6.45, 7) is 0.454. The lowest BCUT2D eigenvalue weighted by Gasteiger charge is -2.12. The number of halogens is 1. The molecule has 1 atom stereocenters. The van der Waals surface area contributed by atoms with E-state index in [9.17, 15) is 4.39 Å². The maximum atomic E-state index is 13.5. The van der Waals surface area contributed by atoms with Gasteiger partial charge in [0.05, 0.1) is 24.7 Å². The molecule has 1 aromatic carbocycles. The third-order valence-corrected chi connectivity index (χ3v) is 2.90. The van der Waals surface area contributed by atoms with Crippen LogP contribution < -0.4 is 5.73 Å². The van der Waals surface area contributed by atoms with Crippen LogP contribution in [-0.4, -0.2) is 21.3 Å². The first kappa shape index (κ1) is 12.7. The van der Waals surface area contributed by atoms with E-state index in [2.05, 4.69) is 4.98 Å². The number of aromatic nitrogens is 2. The van der Waals surface area contributed by atoms with Crippen LogP contribution in [0.3, 0.4) is 0 Å². The topological polar surface area (TPSA) is 64.1 Å². The molecule has 18 heavy (non-hydrogen) atoms. The lowest BCUT2D eigenvalue weighted by Crippen LogP contribution is -2.19. The molecule has 0 saturated carbocycles. The Bertz CT molecular complexity index is 512. The van der Waals surface area contributed by atoms with Gasteiger partial charge in [-0.1, -0.05) is 18.2 Å². The Morgan fingerprint density at radius 3 is 2.89 bits per heavy atom. The van der Waals surface area contributed by atoms with Crippen molar-refractivity contribution in [2.24, 2.45) is 5.73 Å². The Morgan fingerprint density at radius 1 is 1.39 bits per heavy atom. The largest absolute Gasteiger partial charge is 0.394 e. The summed E-state index contributed by atoms with van der Waals surface area (Å²) in [6.07, 6.45) is 3.84. The number of aliphatic hydroxyl groups is 1. The molecular weight excluding hydrogens is 233 g/mol. The molecule has 3 N–H and O–H groups in total. The zero-order valence-electron chi connectivity index (χ0n) is 9.96. The standard InChI is InChI=1S/C13H16FN3O/c14-11-4-2-1-3-10(11)5-6-17-9-16-7-13(17)12(15)8-18/h1-4,7,9,12,18H,5-6,8,15H2. The molecule has 0 aliphatic carbocycles. The molecule has 5 heteroatoms. The highest BCUT2D eigenvalue weighted by Gasteiger charge is 2.10. The third-order valence-electron chi connectivity index (χ3n) is 2.90. The number of hydrogen-bond acceptors (Lipinski definition) is 3. The van der Waals surface area contributed by atoms with Crippen molar-refractivity contribution < 1.29 is 9.50 Å². The van der Waals surface area contributed by atoms with Crippen LogP contribution in [0.15, 0.2) is 36.8 Å². The van der Waals surface area contributed by atoms with E-state index in [0.717, 1.165) is 5.69 Å². The predicted molar refractivity (Wildman–Crippen MR) is 66.3 cm³/mol. The lowest BCUT2D eigenvalue weighted by atomic mass is 10.1. The summed E-state index contributed by atoms with van der Waals surface area (Å²) < 4.78 is 15.3. The molecule has 2 aromatic rings. The number of rotatable bonds is 5. The summed E-state index contributed by atoms with van der Waals surface area (Å²) in [4.78, 5) is 4.00. The van der Waals surface area contributed by atoms with Gasteiger partial charge in [-0.05, 0) is 18.1 Å². The highest BCUT2D eigenvalue weighted by atomic mass is 19.1. The van der Waals surface area contributed by atoms with Gasteiger partial charge in [-0.15, -0.1) is 0 Å². The molecule has 0 bridgehead atoms. The van der Waals surface area contributed by atoms with Gasteiger partial charge < -0.3 is 15.4 Å². The van der Waals surface area contributed by atoms with Gasteiger partial charge in [0.2, 0.25) is 0 Å². The maximum absolute atomic E-state index is 13.5. The van der Waals surface area contributed by atoms with Crippen molar-refractivity contribution in [2.75, 3.05) is 6.61 Å². The van der Waals surface area contributed by atoms with Crippen molar-refractivity contribution in [3.8, 4) is 0 Å². The smallest absolute Gasteiger partial charge is 0.126 e. The fourth-order valence-corrected chi connectivity index (χ4v) is 1.86. The number of nitrogens with two attached hydrogens (primary N) is 1. The molecule has 4 nitrogen and oxygen atoms in total. The molecule has 0 radical (unpaired) electrons. The molecule has 0 aliphatic heterocycles. The van der Waals surface area contributed by atoms with Crippen LogP contribution in [0.5, 0.6) is 0 Å². The number of nitrogens with zero attached hydrogens (tertiary/aromatic N) is 2. The number of aliphatic hydroxyl groups excluding tert-OH is 1. The average molecular weight is 249 g/mol. The van der Waals surface area contributed by atoms with Gasteiger partial charge in [-0.2, -0.15) is 0 Å². The summed E-state index contributed by atoms with van der Waals surface area (Å²) in [5, 5.41) is 9.03. The monoisotopic (exact) mass is 249 g/mol. The van der Waals surface area contributed by atoms with Crippen LogP contribution in [0.2, 0.25) is 0 Å². The Balaban J connectivity index is 2.07. The van der Waals surface area contributed by atoms with E-state index in [1.807, 2.05) is 10.6 Å². The fourth-order valence-electron chi connectivity index (χ4n) is 1.86.